The molecule has 9 heteroatoms. The average Bonchev–Trinajstić information content (AvgIpc) is 2.37. The van der Waals surface area contributed by atoms with Crippen LogP contribution in [0.3, 0.4) is 0 Å². The second-order valence-electron chi connectivity index (χ2n) is 5.27. The molecule has 1 aromatic carbocycles. The number of hydrogen-bond acceptors (Lipinski definition) is 7. The molecule has 0 unspecified atom stereocenters. The third kappa shape index (κ3) is 5.62. The summed E-state index contributed by atoms with van der Waals surface area (Å²) < 4.78 is 14.4. The Morgan fingerprint density at radius 2 is 1.86 bits per heavy atom. The summed E-state index contributed by atoms with van der Waals surface area (Å²) in [6, 6.07) is 3.91. The molecule has 120 valence electrons. The number of rotatable bonds is 4. The zero-order valence-electron chi connectivity index (χ0n) is 12.7. The van der Waals surface area contributed by atoms with Crippen LogP contribution in [0.1, 0.15) is 31.1 Å². The first-order valence-electron chi connectivity index (χ1n) is 6.37. The van der Waals surface area contributed by atoms with Crippen LogP contribution in [0, 0.1) is 0 Å². The van der Waals surface area contributed by atoms with Gasteiger partial charge in [0.05, 0.1) is 18.4 Å². The van der Waals surface area contributed by atoms with Crippen LogP contribution >= 0.6 is 0 Å². The molecule has 0 saturated carbocycles. The van der Waals surface area contributed by atoms with Gasteiger partial charge in [0.2, 0.25) is 0 Å². The number of hydrogen-bond donors (Lipinski definition) is 3. The van der Waals surface area contributed by atoms with Gasteiger partial charge >= 0.3 is 19.4 Å². The van der Waals surface area contributed by atoms with Crippen LogP contribution in [0.2, 0.25) is 0 Å². The Bertz CT molecular complexity index is 554. The molecular weight excluding hydrogens is 293 g/mol. The molecule has 0 aliphatic rings. The highest BCUT2D eigenvalue weighted by molar-refractivity contribution is 6.34. The van der Waals surface area contributed by atoms with E-state index in [0.717, 1.165) is 0 Å². The Morgan fingerprint density at radius 1 is 1.23 bits per heavy atom. The molecule has 0 heterocycles. The van der Waals surface area contributed by atoms with Gasteiger partial charge < -0.3 is 24.2 Å². The van der Waals surface area contributed by atoms with Gasteiger partial charge in [-0.2, -0.15) is 0 Å². The maximum Gasteiger partial charge on any atom is 0.707 e. The predicted octanol–water partition coefficient (Wildman–Crippen LogP) is 1.17. The molecule has 22 heavy (non-hydrogen) atoms. The SMILES string of the molecule is COC(=O)c1ccc(OB(O)O)c(NC(=O)OC(C)(C)C)c1. The molecule has 0 spiro atoms. The molecule has 0 aliphatic carbocycles. The first-order chi connectivity index (χ1) is 10.1. The molecule has 0 radical (unpaired) electrons. The van der Waals surface area contributed by atoms with E-state index in [1.165, 1.54) is 25.3 Å². The van der Waals surface area contributed by atoms with Gasteiger partial charge in [-0.15, -0.1) is 0 Å². The maximum absolute atomic E-state index is 11.8. The second kappa shape index (κ2) is 7.14. The highest BCUT2D eigenvalue weighted by Gasteiger charge is 2.21. The van der Waals surface area contributed by atoms with E-state index in [0.29, 0.717) is 0 Å². The number of amides is 1. The normalized spacial score (nSPS) is 10.6. The van der Waals surface area contributed by atoms with Crippen LogP contribution < -0.4 is 9.97 Å². The Kier molecular flexibility index (Phi) is 5.78. The molecule has 0 atom stereocenters. The number of anilines is 1. The second-order valence-corrected chi connectivity index (χ2v) is 5.27. The third-order valence-electron chi connectivity index (χ3n) is 2.27. The summed E-state index contributed by atoms with van der Waals surface area (Å²) in [6.45, 7) is 5.06. The van der Waals surface area contributed by atoms with Crippen molar-refractivity contribution in [2.45, 2.75) is 26.4 Å². The van der Waals surface area contributed by atoms with Crippen molar-refractivity contribution in [2.24, 2.45) is 0 Å². The third-order valence-corrected chi connectivity index (χ3v) is 2.27. The lowest BCUT2D eigenvalue weighted by Gasteiger charge is -2.20. The Morgan fingerprint density at radius 3 is 2.36 bits per heavy atom. The van der Waals surface area contributed by atoms with Gasteiger partial charge in [-0.3, -0.25) is 5.32 Å². The van der Waals surface area contributed by atoms with Crippen molar-refractivity contribution < 1.29 is 33.8 Å². The lowest BCUT2D eigenvalue weighted by atomic mass is 10.1. The van der Waals surface area contributed by atoms with E-state index in [1.54, 1.807) is 20.8 Å². The largest absolute Gasteiger partial charge is 0.707 e. The Hall–Kier alpha value is -2.26. The highest BCUT2D eigenvalue weighted by atomic mass is 16.6. The minimum atomic E-state index is -2.08. The monoisotopic (exact) mass is 311 g/mol. The van der Waals surface area contributed by atoms with E-state index in [2.05, 4.69) is 10.1 Å². The van der Waals surface area contributed by atoms with Crippen molar-refractivity contribution in [3.8, 4) is 5.75 Å². The molecule has 0 aliphatic heterocycles. The van der Waals surface area contributed by atoms with Crippen LogP contribution in [-0.2, 0) is 9.47 Å². The molecule has 0 fully saturated rings. The average molecular weight is 311 g/mol. The minimum absolute atomic E-state index is 0.0326. The molecule has 0 aromatic heterocycles. The van der Waals surface area contributed by atoms with E-state index in [1.807, 2.05) is 0 Å². The van der Waals surface area contributed by atoms with Crippen molar-refractivity contribution in [1.82, 2.24) is 0 Å². The summed E-state index contributed by atoms with van der Waals surface area (Å²) in [5, 5.41) is 20.1. The number of methoxy groups -OCH3 is 1. The van der Waals surface area contributed by atoms with Crippen molar-refractivity contribution >= 4 is 25.1 Å². The fraction of sp³-hybridized carbons (Fsp3) is 0.385. The van der Waals surface area contributed by atoms with Gasteiger partial charge in [0.1, 0.15) is 11.4 Å². The van der Waals surface area contributed by atoms with E-state index in [9.17, 15) is 9.59 Å². The van der Waals surface area contributed by atoms with Gasteiger partial charge in [0.25, 0.3) is 0 Å². The topological polar surface area (TPSA) is 114 Å². The number of esters is 1. The first-order valence-corrected chi connectivity index (χ1v) is 6.37. The first kappa shape index (κ1) is 17.8. The lowest BCUT2D eigenvalue weighted by Crippen LogP contribution is -2.28. The summed E-state index contributed by atoms with van der Waals surface area (Å²) in [4.78, 5) is 23.3. The van der Waals surface area contributed by atoms with Crippen molar-refractivity contribution in [3.05, 3.63) is 23.8 Å². The highest BCUT2D eigenvalue weighted by Crippen LogP contribution is 2.27. The van der Waals surface area contributed by atoms with Gasteiger partial charge in [-0.1, -0.05) is 0 Å². The molecule has 1 amide bonds. The van der Waals surface area contributed by atoms with E-state index < -0.39 is 25.0 Å². The molecule has 3 N–H and O–H groups in total. The molecule has 8 nitrogen and oxygen atoms in total. The summed E-state index contributed by atoms with van der Waals surface area (Å²) in [5.41, 5.74) is -0.541. The standard InChI is InChI=1S/C13H18BNO7/c1-13(2,3)21-12(17)15-9-7-8(11(16)20-4)5-6-10(9)22-14(18)19/h5-7,18-19H,1-4H3,(H,15,17). The fourth-order valence-electron chi connectivity index (χ4n) is 1.50. The maximum atomic E-state index is 11.8. The summed E-state index contributed by atoms with van der Waals surface area (Å²) in [6.07, 6.45) is -0.785. The molecule has 1 rings (SSSR count). The van der Waals surface area contributed by atoms with Crippen LogP contribution in [-0.4, -0.2) is 42.1 Å². The summed E-state index contributed by atoms with van der Waals surface area (Å²) >= 11 is 0. The number of nitrogens with one attached hydrogen (secondary N) is 1. The molecular formula is C13H18BNO7. The van der Waals surface area contributed by atoms with Crippen molar-refractivity contribution in [3.63, 3.8) is 0 Å². The van der Waals surface area contributed by atoms with E-state index in [4.69, 9.17) is 19.4 Å². The zero-order valence-corrected chi connectivity index (χ0v) is 12.7. The number of carbonyl (C=O) groups is 2. The lowest BCUT2D eigenvalue weighted by molar-refractivity contribution is 0.0596. The van der Waals surface area contributed by atoms with Gasteiger partial charge in [0, 0.05) is 0 Å². The van der Waals surface area contributed by atoms with Crippen LogP contribution in [0.25, 0.3) is 0 Å². The fourth-order valence-corrected chi connectivity index (χ4v) is 1.50. The Labute approximate surface area is 128 Å². The van der Waals surface area contributed by atoms with E-state index in [-0.39, 0.29) is 17.0 Å². The number of benzene rings is 1. The minimum Gasteiger partial charge on any atom is -0.510 e. The van der Waals surface area contributed by atoms with E-state index >= 15 is 0 Å². The van der Waals surface area contributed by atoms with Crippen molar-refractivity contribution in [2.75, 3.05) is 12.4 Å². The Balaban J connectivity index is 3.05. The zero-order chi connectivity index (χ0) is 16.9. The van der Waals surface area contributed by atoms with Gasteiger partial charge in [0.15, 0.2) is 0 Å². The number of carbonyl (C=O) groups excluding carboxylic acids is 2. The summed E-state index contributed by atoms with van der Waals surface area (Å²) in [7, 11) is -0.867. The van der Waals surface area contributed by atoms with Gasteiger partial charge in [-0.05, 0) is 39.0 Å². The molecule has 0 saturated heterocycles. The number of ether oxygens (including phenoxy) is 2. The van der Waals surface area contributed by atoms with Crippen LogP contribution in [0.5, 0.6) is 5.75 Å². The van der Waals surface area contributed by atoms with Crippen molar-refractivity contribution in [1.29, 1.82) is 0 Å². The summed E-state index contributed by atoms with van der Waals surface area (Å²) in [5.74, 6) is -0.670. The predicted molar refractivity (Wildman–Crippen MR) is 78.5 cm³/mol. The quantitative estimate of drug-likeness (QED) is 0.565. The van der Waals surface area contributed by atoms with Gasteiger partial charge in [-0.25, -0.2) is 9.59 Å². The smallest absolute Gasteiger partial charge is 0.510 e. The molecule has 1 aromatic rings. The van der Waals surface area contributed by atoms with Crippen LogP contribution in [0.4, 0.5) is 10.5 Å². The molecule has 0 bridgehead atoms. The van der Waals surface area contributed by atoms with Crippen LogP contribution in [0.15, 0.2) is 18.2 Å².